The lowest BCUT2D eigenvalue weighted by Crippen LogP contribution is -2.13. The highest BCUT2D eigenvalue weighted by atomic mass is 32.1. The predicted molar refractivity (Wildman–Crippen MR) is 131 cm³/mol. The van der Waals surface area contributed by atoms with E-state index in [9.17, 15) is 4.79 Å². The van der Waals surface area contributed by atoms with Crippen LogP contribution >= 0.6 is 11.3 Å². The minimum atomic E-state index is -0.115. The van der Waals surface area contributed by atoms with Crippen molar-refractivity contribution >= 4 is 33.1 Å². The van der Waals surface area contributed by atoms with Crippen LogP contribution in [-0.4, -0.2) is 21.0 Å². The number of anilines is 1. The lowest BCUT2D eigenvalue weighted by Gasteiger charge is -2.08. The molecule has 0 atom stereocenters. The van der Waals surface area contributed by atoms with E-state index in [1.807, 2.05) is 54.6 Å². The van der Waals surface area contributed by atoms with E-state index >= 15 is 0 Å². The van der Waals surface area contributed by atoms with Crippen LogP contribution in [0, 0.1) is 0 Å². The molecule has 1 amide bonds. The molecule has 0 saturated heterocycles. The number of para-hydroxylation sites is 2. The average molecular weight is 455 g/mol. The fourth-order valence-corrected chi connectivity index (χ4v) is 4.57. The third-order valence-electron chi connectivity index (χ3n) is 5.38. The minimum Gasteiger partial charge on any atom is -0.339 e. The smallest absolute Gasteiger partial charge is 0.227 e. The largest absolute Gasteiger partial charge is 0.339 e. The van der Waals surface area contributed by atoms with E-state index < -0.39 is 0 Å². The summed E-state index contributed by atoms with van der Waals surface area (Å²) in [7, 11) is 0. The van der Waals surface area contributed by atoms with Gasteiger partial charge in [0.2, 0.25) is 17.6 Å². The van der Waals surface area contributed by atoms with E-state index in [1.165, 1.54) is 5.56 Å². The molecule has 0 aliphatic carbocycles. The zero-order chi connectivity index (χ0) is 22.6. The molecule has 0 saturated carbocycles. The summed E-state index contributed by atoms with van der Waals surface area (Å²) in [5.74, 6) is 0.865. The normalized spacial score (nSPS) is 11.1. The van der Waals surface area contributed by atoms with Crippen LogP contribution in [-0.2, 0) is 17.6 Å². The number of rotatable bonds is 7. The Morgan fingerprint density at radius 1 is 0.970 bits per heavy atom. The summed E-state index contributed by atoms with van der Waals surface area (Å²) in [6, 6.07) is 23.8. The van der Waals surface area contributed by atoms with Gasteiger partial charge in [-0.25, -0.2) is 4.98 Å². The van der Waals surface area contributed by atoms with Gasteiger partial charge in [0, 0.05) is 24.0 Å². The summed E-state index contributed by atoms with van der Waals surface area (Å²) < 4.78 is 6.47. The number of carbonyl (C=O) groups is 1. The van der Waals surface area contributed by atoms with Gasteiger partial charge in [0.25, 0.3) is 0 Å². The van der Waals surface area contributed by atoms with Crippen LogP contribution < -0.4 is 5.32 Å². The van der Waals surface area contributed by atoms with Gasteiger partial charge >= 0.3 is 0 Å². The van der Waals surface area contributed by atoms with Gasteiger partial charge in [-0.1, -0.05) is 60.6 Å². The third-order valence-corrected chi connectivity index (χ3v) is 6.45. The molecule has 0 fully saturated rings. The van der Waals surface area contributed by atoms with Crippen molar-refractivity contribution in [1.29, 1.82) is 0 Å². The molecule has 2 heterocycles. The van der Waals surface area contributed by atoms with Gasteiger partial charge < -0.3 is 9.84 Å². The van der Waals surface area contributed by atoms with E-state index in [0.717, 1.165) is 38.5 Å². The Morgan fingerprint density at radius 2 is 1.76 bits per heavy atom. The second kappa shape index (κ2) is 9.34. The first-order valence-electron chi connectivity index (χ1n) is 10.9. The monoisotopic (exact) mass is 454 g/mol. The molecule has 3 aromatic carbocycles. The summed E-state index contributed by atoms with van der Waals surface area (Å²) in [5, 5.41) is 7.94. The van der Waals surface area contributed by atoms with Gasteiger partial charge in [-0.05, 0) is 36.2 Å². The molecule has 1 N–H and O–H groups in total. The number of nitrogens with one attached hydrogen (secondary N) is 1. The van der Waals surface area contributed by atoms with E-state index in [-0.39, 0.29) is 12.3 Å². The zero-order valence-corrected chi connectivity index (χ0v) is 18.9. The molecule has 0 radical (unpaired) electrons. The first-order chi connectivity index (χ1) is 16.2. The Bertz CT molecular complexity index is 1370. The van der Waals surface area contributed by atoms with Crippen LogP contribution in [0.4, 0.5) is 5.69 Å². The van der Waals surface area contributed by atoms with Crippen LogP contribution in [0.25, 0.3) is 32.2 Å². The molecule has 0 aliphatic rings. The minimum absolute atomic E-state index is 0.115. The molecule has 164 valence electrons. The van der Waals surface area contributed by atoms with Crippen LogP contribution in [0.5, 0.6) is 0 Å². The fourth-order valence-electron chi connectivity index (χ4n) is 3.56. The van der Waals surface area contributed by atoms with Gasteiger partial charge in [-0.15, -0.1) is 11.3 Å². The lowest BCUT2D eigenvalue weighted by molar-refractivity contribution is -0.116. The van der Waals surface area contributed by atoms with Gasteiger partial charge in [0.15, 0.2) is 0 Å². The Balaban J connectivity index is 1.25. The molecule has 0 aliphatic heterocycles. The second-order valence-electron chi connectivity index (χ2n) is 7.64. The quantitative estimate of drug-likeness (QED) is 0.319. The highest BCUT2D eigenvalue weighted by Gasteiger charge is 2.14. The van der Waals surface area contributed by atoms with Gasteiger partial charge in [0.1, 0.15) is 5.01 Å². The number of amides is 1. The predicted octanol–water partition coefficient (Wildman–Crippen LogP) is 6.15. The Hall–Kier alpha value is -3.84. The fraction of sp³-hybridized carbons (Fsp3) is 0.154. The number of aromatic nitrogens is 3. The lowest BCUT2D eigenvalue weighted by atomic mass is 10.1. The molecular weight excluding hydrogens is 432 g/mol. The maximum atomic E-state index is 12.7. The molecule has 6 nitrogen and oxygen atoms in total. The van der Waals surface area contributed by atoms with Crippen molar-refractivity contribution in [2.75, 3.05) is 5.32 Å². The Kier molecular flexibility index (Phi) is 5.95. The van der Waals surface area contributed by atoms with E-state index in [4.69, 9.17) is 9.51 Å². The van der Waals surface area contributed by atoms with E-state index in [2.05, 4.69) is 40.6 Å². The number of hydrogen-bond acceptors (Lipinski definition) is 6. The Labute approximate surface area is 195 Å². The summed E-state index contributed by atoms with van der Waals surface area (Å²) in [5.41, 5.74) is 4.75. The Morgan fingerprint density at radius 3 is 2.58 bits per heavy atom. The molecule has 0 bridgehead atoms. The number of carbonyl (C=O) groups excluding carboxylic acids is 1. The average Bonchev–Trinajstić information content (AvgIpc) is 3.50. The van der Waals surface area contributed by atoms with Crippen LogP contribution in [0.3, 0.4) is 0 Å². The molecule has 33 heavy (non-hydrogen) atoms. The summed E-state index contributed by atoms with van der Waals surface area (Å²) >= 11 is 1.61. The molecule has 5 aromatic rings. The third kappa shape index (κ3) is 4.68. The number of hydrogen-bond donors (Lipinski definition) is 1. The molecule has 5 rings (SSSR count). The maximum Gasteiger partial charge on any atom is 0.227 e. The van der Waals surface area contributed by atoms with Gasteiger partial charge in [-0.2, -0.15) is 4.98 Å². The standard InChI is InChI=1S/C26H22N4O2S/c1-2-17-11-13-18(14-12-17)25-29-24(32-30-25)16-15-23(31)27-20-8-4-3-7-19(20)26-28-21-9-5-6-10-22(21)33-26/h3-14H,2,15-16H2,1H3,(H,27,31). The van der Waals surface area contributed by atoms with Gasteiger partial charge in [-0.3, -0.25) is 4.79 Å². The number of aryl methyl sites for hydroxylation is 2. The summed E-state index contributed by atoms with van der Waals surface area (Å²) in [6.07, 6.45) is 1.59. The molecule has 0 spiro atoms. The highest BCUT2D eigenvalue weighted by molar-refractivity contribution is 7.21. The van der Waals surface area contributed by atoms with Crippen molar-refractivity contribution in [3.8, 4) is 22.0 Å². The first kappa shape index (κ1) is 21.0. The summed E-state index contributed by atoms with van der Waals surface area (Å²) in [4.78, 5) is 21.8. The number of thiazole rings is 1. The number of benzene rings is 3. The van der Waals surface area contributed by atoms with Crippen LogP contribution in [0.15, 0.2) is 77.3 Å². The molecular formula is C26H22N4O2S. The molecule has 2 aromatic heterocycles. The van der Waals surface area contributed by atoms with E-state index in [0.29, 0.717) is 18.1 Å². The molecule has 0 unspecified atom stereocenters. The SMILES string of the molecule is CCc1ccc(-c2noc(CCC(=O)Nc3ccccc3-c3nc4ccccc4s3)n2)cc1. The van der Waals surface area contributed by atoms with Crippen molar-refractivity contribution in [2.24, 2.45) is 0 Å². The zero-order valence-electron chi connectivity index (χ0n) is 18.1. The van der Waals surface area contributed by atoms with Crippen LogP contribution in [0.1, 0.15) is 24.8 Å². The van der Waals surface area contributed by atoms with Crippen molar-refractivity contribution in [1.82, 2.24) is 15.1 Å². The summed E-state index contributed by atoms with van der Waals surface area (Å²) in [6.45, 7) is 2.12. The topological polar surface area (TPSA) is 80.9 Å². The van der Waals surface area contributed by atoms with Gasteiger partial charge in [0.05, 0.1) is 15.9 Å². The maximum absolute atomic E-state index is 12.7. The second-order valence-corrected chi connectivity index (χ2v) is 8.67. The van der Waals surface area contributed by atoms with E-state index in [1.54, 1.807) is 11.3 Å². The number of fused-ring (bicyclic) bond motifs is 1. The first-order valence-corrected chi connectivity index (χ1v) is 11.7. The van der Waals surface area contributed by atoms with Crippen molar-refractivity contribution in [3.05, 3.63) is 84.3 Å². The van der Waals surface area contributed by atoms with Crippen LogP contribution in [0.2, 0.25) is 0 Å². The van der Waals surface area contributed by atoms with Crippen molar-refractivity contribution in [3.63, 3.8) is 0 Å². The van der Waals surface area contributed by atoms with Crippen molar-refractivity contribution in [2.45, 2.75) is 26.2 Å². The molecule has 7 heteroatoms. The number of nitrogens with zero attached hydrogens (tertiary/aromatic N) is 3. The van der Waals surface area contributed by atoms with Crippen molar-refractivity contribution < 1.29 is 9.32 Å². The highest BCUT2D eigenvalue weighted by Crippen LogP contribution is 2.34.